The van der Waals surface area contributed by atoms with E-state index in [1.165, 1.54) is 80.3 Å². The van der Waals surface area contributed by atoms with E-state index >= 15 is 0 Å². The van der Waals surface area contributed by atoms with Crippen LogP contribution < -0.4 is 9.64 Å². The van der Waals surface area contributed by atoms with Crippen molar-refractivity contribution < 1.29 is 4.74 Å². The third kappa shape index (κ3) is 4.37. The standard InChI is InChI=1S/C55H33NOS/c1-2-12-36-29-39(24-23-34(36)11-1)56(41-25-27-43-45-30-37-13-3-4-14-38(37)31-52(45)58-53(43)33-41)40-26-28-48-51(32-40)57-50-22-8-7-20-47(50)55(48)46-19-6-5-17-42(46)44-18-9-15-35-16-10-21-49(55)54(35)44/h1-33H. The molecule has 3 heteroatoms. The summed E-state index contributed by atoms with van der Waals surface area (Å²) in [6, 6.07) is 73.8. The number of para-hydroxylation sites is 1. The Labute approximate surface area is 339 Å². The van der Waals surface area contributed by atoms with E-state index in [0.717, 1.165) is 34.1 Å². The summed E-state index contributed by atoms with van der Waals surface area (Å²) >= 11 is 1.86. The van der Waals surface area contributed by atoms with Gasteiger partial charge in [0.2, 0.25) is 0 Å². The van der Waals surface area contributed by atoms with Crippen LogP contribution in [0.3, 0.4) is 0 Å². The lowest BCUT2D eigenvalue weighted by Crippen LogP contribution is -2.36. The van der Waals surface area contributed by atoms with Crippen molar-refractivity contribution in [2.75, 3.05) is 4.90 Å². The number of anilines is 3. The van der Waals surface area contributed by atoms with E-state index in [9.17, 15) is 0 Å². The molecule has 0 saturated carbocycles. The SMILES string of the molecule is c1ccc2c(c1)Oc1cc(N(c3ccc4ccccc4c3)c3ccc4c(c3)sc3cc5ccccc5cc34)ccc1C21c2ccccc2-c2cccc3cccc1c23. The van der Waals surface area contributed by atoms with Gasteiger partial charge in [-0.05, 0) is 103 Å². The van der Waals surface area contributed by atoms with E-state index in [-0.39, 0.29) is 0 Å². The molecule has 270 valence electrons. The number of hydrogen-bond donors (Lipinski definition) is 0. The average molecular weight is 756 g/mol. The van der Waals surface area contributed by atoms with Crippen LogP contribution in [0.1, 0.15) is 22.3 Å². The second-order valence-electron chi connectivity index (χ2n) is 15.6. The molecular formula is C55H33NOS. The Morgan fingerprint density at radius 2 is 0.948 bits per heavy atom. The summed E-state index contributed by atoms with van der Waals surface area (Å²) in [5.41, 5.74) is 10.1. The van der Waals surface area contributed by atoms with E-state index in [1.54, 1.807) is 0 Å². The molecule has 1 atom stereocenters. The first kappa shape index (κ1) is 31.9. The fraction of sp³-hybridized carbons (Fsp3) is 0.0182. The van der Waals surface area contributed by atoms with Crippen molar-refractivity contribution in [2.45, 2.75) is 5.41 Å². The second-order valence-corrected chi connectivity index (χ2v) is 16.7. The molecule has 1 aromatic heterocycles. The highest BCUT2D eigenvalue weighted by Crippen LogP contribution is 2.61. The summed E-state index contributed by atoms with van der Waals surface area (Å²) in [4.78, 5) is 2.40. The topological polar surface area (TPSA) is 12.5 Å². The van der Waals surface area contributed by atoms with Gasteiger partial charge in [-0.2, -0.15) is 0 Å². The van der Waals surface area contributed by atoms with E-state index in [4.69, 9.17) is 4.74 Å². The normalized spacial score (nSPS) is 15.1. The Kier molecular flexibility index (Phi) is 6.56. The molecule has 1 spiro atoms. The fourth-order valence-electron chi connectivity index (χ4n) is 10.2. The Morgan fingerprint density at radius 3 is 1.83 bits per heavy atom. The minimum absolute atomic E-state index is 0.583. The zero-order chi connectivity index (χ0) is 38.0. The molecule has 1 aliphatic carbocycles. The molecule has 0 saturated heterocycles. The minimum atomic E-state index is -0.583. The number of thiophene rings is 1. The quantitative estimate of drug-likeness (QED) is 0.178. The summed E-state index contributed by atoms with van der Waals surface area (Å²) in [5, 5.41) is 10.1. The van der Waals surface area contributed by atoms with Gasteiger partial charge in [-0.3, -0.25) is 0 Å². The lowest BCUT2D eigenvalue weighted by Gasteiger charge is -2.45. The van der Waals surface area contributed by atoms with Gasteiger partial charge >= 0.3 is 0 Å². The van der Waals surface area contributed by atoms with Crippen LogP contribution >= 0.6 is 11.3 Å². The van der Waals surface area contributed by atoms with Gasteiger partial charge in [0.15, 0.2) is 0 Å². The van der Waals surface area contributed by atoms with Crippen LogP contribution in [0.25, 0.3) is 63.6 Å². The number of fused-ring (bicyclic) bond motifs is 13. The highest BCUT2D eigenvalue weighted by molar-refractivity contribution is 7.25. The minimum Gasteiger partial charge on any atom is -0.457 e. The Bertz CT molecular complexity index is 3520. The summed E-state index contributed by atoms with van der Waals surface area (Å²) < 4.78 is 9.63. The third-order valence-electron chi connectivity index (χ3n) is 12.6. The van der Waals surface area contributed by atoms with Gasteiger partial charge in [-0.25, -0.2) is 0 Å². The van der Waals surface area contributed by atoms with E-state index < -0.39 is 5.41 Å². The average Bonchev–Trinajstić information content (AvgIpc) is 3.63. The molecule has 10 aromatic carbocycles. The van der Waals surface area contributed by atoms with Crippen molar-refractivity contribution in [1.82, 2.24) is 0 Å². The molecule has 0 bridgehead atoms. The van der Waals surface area contributed by atoms with E-state index in [2.05, 4.69) is 205 Å². The maximum Gasteiger partial charge on any atom is 0.134 e. The summed E-state index contributed by atoms with van der Waals surface area (Å²) in [5.74, 6) is 1.75. The lowest BCUT2D eigenvalue weighted by molar-refractivity contribution is 0.435. The number of ether oxygens (including phenoxy) is 1. The molecule has 13 rings (SSSR count). The third-order valence-corrected chi connectivity index (χ3v) is 13.8. The molecule has 0 fully saturated rings. The van der Waals surface area contributed by atoms with Crippen molar-refractivity contribution in [3.8, 4) is 22.6 Å². The molecule has 58 heavy (non-hydrogen) atoms. The molecule has 2 aliphatic rings. The molecule has 11 aromatic rings. The van der Waals surface area contributed by atoms with Gasteiger partial charge < -0.3 is 9.64 Å². The molecule has 0 radical (unpaired) electrons. The number of hydrogen-bond acceptors (Lipinski definition) is 3. The van der Waals surface area contributed by atoms with Crippen LogP contribution in [-0.2, 0) is 5.41 Å². The second kappa shape index (κ2) is 11.9. The van der Waals surface area contributed by atoms with Gasteiger partial charge in [-0.15, -0.1) is 11.3 Å². The predicted molar refractivity (Wildman–Crippen MR) is 244 cm³/mol. The van der Waals surface area contributed by atoms with Crippen molar-refractivity contribution >= 4 is 80.9 Å². The number of benzene rings is 10. The summed E-state index contributed by atoms with van der Waals surface area (Å²) in [6.45, 7) is 0. The zero-order valence-electron chi connectivity index (χ0n) is 31.3. The zero-order valence-corrected chi connectivity index (χ0v) is 32.1. The molecule has 2 nitrogen and oxygen atoms in total. The maximum absolute atomic E-state index is 7.06. The Hall–Kier alpha value is -7.20. The highest BCUT2D eigenvalue weighted by atomic mass is 32.1. The fourth-order valence-corrected chi connectivity index (χ4v) is 11.3. The van der Waals surface area contributed by atoms with Crippen LogP contribution in [0.15, 0.2) is 200 Å². The van der Waals surface area contributed by atoms with E-state index in [0.29, 0.717) is 0 Å². The Morgan fingerprint density at radius 1 is 0.362 bits per heavy atom. The first-order valence-electron chi connectivity index (χ1n) is 19.9. The van der Waals surface area contributed by atoms with Crippen LogP contribution in [-0.4, -0.2) is 0 Å². The van der Waals surface area contributed by atoms with Crippen LogP contribution in [0.5, 0.6) is 11.5 Å². The predicted octanol–water partition coefficient (Wildman–Crippen LogP) is 15.5. The highest BCUT2D eigenvalue weighted by Gasteiger charge is 2.49. The van der Waals surface area contributed by atoms with Gasteiger partial charge in [0, 0.05) is 54.4 Å². The van der Waals surface area contributed by atoms with E-state index in [1.807, 2.05) is 11.3 Å². The molecule has 2 heterocycles. The van der Waals surface area contributed by atoms with Crippen LogP contribution in [0, 0.1) is 0 Å². The lowest BCUT2D eigenvalue weighted by atomic mass is 9.58. The molecule has 0 amide bonds. The summed E-state index contributed by atoms with van der Waals surface area (Å²) in [7, 11) is 0. The first-order chi connectivity index (χ1) is 28.7. The first-order valence-corrected chi connectivity index (χ1v) is 20.7. The van der Waals surface area contributed by atoms with Crippen molar-refractivity contribution in [3.05, 3.63) is 222 Å². The van der Waals surface area contributed by atoms with Crippen LogP contribution in [0.4, 0.5) is 17.1 Å². The van der Waals surface area contributed by atoms with Gasteiger partial charge in [0.05, 0.1) is 5.41 Å². The van der Waals surface area contributed by atoms with Crippen molar-refractivity contribution in [2.24, 2.45) is 0 Å². The number of rotatable bonds is 3. The summed E-state index contributed by atoms with van der Waals surface area (Å²) in [6.07, 6.45) is 0. The Balaban J connectivity index is 1.06. The molecule has 1 aliphatic heterocycles. The number of nitrogens with zero attached hydrogens (tertiary/aromatic N) is 1. The monoisotopic (exact) mass is 755 g/mol. The molecule has 0 N–H and O–H groups in total. The van der Waals surface area contributed by atoms with Gasteiger partial charge in [-0.1, -0.05) is 146 Å². The molecular weight excluding hydrogens is 723 g/mol. The van der Waals surface area contributed by atoms with Gasteiger partial charge in [0.1, 0.15) is 11.5 Å². The van der Waals surface area contributed by atoms with Gasteiger partial charge in [0.25, 0.3) is 0 Å². The van der Waals surface area contributed by atoms with Crippen molar-refractivity contribution in [3.63, 3.8) is 0 Å². The molecule has 1 unspecified atom stereocenters. The van der Waals surface area contributed by atoms with Crippen LogP contribution in [0.2, 0.25) is 0 Å². The maximum atomic E-state index is 7.06. The smallest absolute Gasteiger partial charge is 0.134 e. The van der Waals surface area contributed by atoms with Crippen molar-refractivity contribution in [1.29, 1.82) is 0 Å². The largest absolute Gasteiger partial charge is 0.457 e.